The molecule has 3 aromatic rings. The number of nitrogens with one attached hydrogen (secondary N) is 1. The molecule has 3 aromatic heterocycles. The summed E-state index contributed by atoms with van der Waals surface area (Å²) in [5, 5.41) is 10.2. The molecule has 0 aliphatic carbocycles. The molecule has 0 atom stereocenters. The fourth-order valence-electron chi connectivity index (χ4n) is 3.37. The maximum atomic E-state index is 5.14. The van der Waals surface area contributed by atoms with Crippen LogP contribution in [0, 0.1) is 5.92 Å². The first-order valence-corrected chi connectivity index (χ1v) is 10.9. The van der Waals surface area contributed by atoms with Crippen molar-refractivity contribution in [1.82, 2.24) is 35.1 Å². The average Bonchev–Trinajstić information content (AvgIpc) is 3.47. The minimum absolute atomic E-state index is 0.267. The van der Waals surface area contributed by atoms with E-state index in [2.05, 4.69) is 55.8 Å². The summed E-state index contributed by atoms with van der Waals surface area (Å²) in [6.45, 7) is 8.69. The molecule has 0 aromatic carbocycles. The average molecular weight is 455 g/mol. The van der Waals surface area contributed by atoms with Gasteiger partial charge >= 0.3 is 0 Å². The van der Waals surface area contributed by atoms with Crippen molar-refractivity contribution in [2.24, 2.45) is 16.0 Å². The van der Waals surface area contributed by atoms with Crippen LogP contribution < -0.4 is 4.90 Å². The Morgan fingerprint density at radius 2 is 2.12 bits per heavy atom. The third kappa shape index (κ3) is 4.14. The Morgan fingerprint density at radius 1 is 1.25 bits per heavy atom. The zero-order chi connectivity index (χ0) is 22.1. The lowest BCUT2D eigenvalue weighted by molar-refractivity contribution is -0.291. The van der Waals surface area contributed by atoms with E-state index < -0.39 is 0 Å². The van der Waals surface area contributed by atoms with E-state index in [-0.39, 0.29) is 6.54 Å². The number of nitrogens with zero attached hydrogens (tertiary/aromatic N) is 9. The van der Waals surface area contributed by atoms with Gasteiger partial charge in [-0.25, -0.2) is 19.9 Å². The van der Waals surface area contributed by atoms with Gasteiger partial charge < -0.3 is 9.88 Å². The van der Waals surface area contributed by atoms with Gasteiger partial charge in [0.15, 0.2) is 11.6 Å². The number of imidazole rings is 1. The zero-order valence-corrected chi connectivity index (χ0v) is 18.7. The molecular weight excluding hydrogens is 432 g/mol. The highest BCUT2D eigenvalue weighted by molar-refractivity contribution is 7.90. The minimum Gasteiger partial charge on any atom is -0.370 e. The van der Waals surface area contributed by atoms with E-state index in [4.69, 9.17) is 13.6 Å². The Hall–Kier alpha value is -3.13. The molecular formula is C19H22N10O2S. The van der Waals surface area contributed by atoms with Gasteiger partial charge in [0.05, 0.1) is 11.9 Å². The first kappa shape index (κ1) is 20.8. The number of hydrogen-bond donors (Lipinski definition) is 1. The number of H-pyrrole nitrogens is 1. The van der Waals surface area contributed by atoms with E-state index >= 15 is 0 Å². The third-order valence-corrected chi connectivity index (χ3v) is 5.25. The summed E-state index contributed by atoms with van der Waals surface area (Å²) in [5.74, 6) is 2.60. The second-order valence-corrected chi connectivity index (χ2v) is 8.04. The summed E-state index contributed by atoms with van der Waals surface area (Å²) < 4.78 is 10.3. The smallest absolute Gasteiger partial charge is 0.219 e. The van der Waals surface area contributed by atoms with E-state index in [1.807, 2.05) is 18.3 Å². The van der Waals surface area contributed by atoms with Crippen LogP contribution >= 0.6 is 12.3 Å². The molecule has 1 saturated heterocycles. The molecule has 2 aliphatic heterocycles. The van der Waals surface area contributed by atoms with Crippen LogP contribution in [0.25, 0.3) is 11.6 Å². The quantitative estimate of drug-likeness (QED) is 0.512. The third-order valence-electron chi connectivity index (χ3n) is 4.80. The van der Waals surface area contributed by atoms with Gasteiger partial charge in [-0.1, -0.05) is 13.8 Å². The number of aromatic amines is 1. The lowest BCUT2D eigenvalue weighted by Gasteiger charge is -2.24. The largest absolute Gasteiger partial charge is 0.370 e. The number of pyridine rings is 1. The molecule has 0 radical (unpaired) electrons. The molecule has 1 N–H and O–H groups in total. The topological polar surface area (TPSA) is 122 Å². The van der Waals surface area contributed by atoms with Crippen LogP contribution in [0.5, 0.6) is 0 Å². The zero-order valence-electron chi connectivity index (χ0n) is 17.8. The van der Waals surface area contributed by atoms with Crippen molar-refractivity contribution in [3.8, 4) is 11.6 Å². The number of anilines is 1. The summed E-state index contributed by atoms with van der Waals surface area (Å²) in [6, 6.07) is 3.92. The lowest BCUT2D eigenvalue weighted by atomic mass is 10.2. The maximum Gasteiger partial charge on any atom is 0.219 e. The molecule has 1 fully saturated rings. The van der Waals surface area contributed by atoms with Gasteiger partial charge in [0.1, 0.15) is 18.0 Å². The first-order valence-electron chi connectivity index (χ1n) is 10.2. The first-order chi connectivity index (χ1) is 15.6. The van der Waals surface area contributed by atoms with Crippen LogP contribution in [0.15, 0.2) is 40.8 Å². The lowest BCUT2D eigenvalue weighted by Crippen LogP contribution is -2.35. The molecule has 0 unspecified atom stereocenters. The monoisotopic (exact) mass is 454 g/mol. The Morgan fingerprint density at radius 3 is 2.75 bits per heavy atom. The Labute approximate surface area is 188 Å². The van der Waals surface area contributed by atoms with Crippen molar-refractivity contribution in [3.05, 3.63) is 36.5 Å². The van der Waals surface area contributed by atoms with Gasteiger partial charge in [-0.05, 0) is 30.2 Å². The molecule has 5 heterocycles. The molecule has 2 aliphatic rings. The number of hydroxylamine groups is 2. The van der Waals surface area contributed by atoms with Gasteiger partial charge in [0, 0.05) is 25.5 Å². The summed E-state index contributed by atoms with van der Waals surface area (Å²) in [5.41, 5.74) is 2.22. The number of hydrogen-bond acceptors (Lipinski definition) is 11. The second kappa shape index (κ2) is 8.78. The van der Waals surface area contributed by atoms with Crippen molar-refractivity contribution in [1.29, 1.82) is 0 Å². The highest BCUT2D eigenvalue weighted by Gasteiger charge is 2.32. The van der Waals surface area contributed by atoms with Crippen molar-refractivity contribution >= 4 is 35.3 Å². The van der Waals surface area contributed by atoms with Crippen LogP contribution in [0.1, 0.15) is 26.6 Å². The van der Waals surface area contributed by atoms with Crippen LogP contribution in [-0.4, -0.2) is 66.1 Å². The number of rotatable bonds is 8. The molecule has 0 saturated carbocycles. The summed E-state index contributed by atoms with van der Waals surface area (Å²) in [6.07, 6.45) is 5.20. The van der Waals surface area contributed by atoms with Gasteiger partial charge in [0.25, 0.3) is 0 Å². The SMILES string of the molecule is CCN(CC(C)C)c1ccc(/N=C2/C(CN3OSO3)=Nn3nc(-c4ncc[nH]4)nc32)nc1. The van der Waals surface area contributed by atoms with Gasteiger partial charge in [-0.2, -0.15) is 8.57 Å². The summed E-state index contributed by atoms with van der Waals surface area (Å²) in [7, 11) is 0. The van der Waals surface area contributed by atoms with E-state index in [0.717, 1.165) is 31.1 Å². The number of fused-ring (bicyclic) bond motifs is 1. The standard InChI is InChI=1S/C19H22N10O2S/c1-4-27(10-12(2)3)13-5-6-15(22-9-13)23-16-14(11-28-30-32-31-28)25-29-19(16)24-18(26-29)17-20-7-8-21-17/h5-9,12H,4,10-11H2,1-3H3,(H,20,21)/b23-16-. The summed E-state index contributed by atoms with van der Waals surface area (Å²) in [4.78, 5) is 24.8. The maximum absolute atomic E-state index is 5.14. The molecule has 12 nitrogen and oxygen atoms in total. The highest BCUT2D eigenvalue weighted by atomic mass is 32.2. The minimum atomic E-state index is 0.267. The van der Waals surface area contributed by atoms with Gasteiger partial charge in [-0.15, -0.1) is 15.0 Å². The molecule has 32 heavy (non-hydrogen) atoms. The van der Waals surface area contributed by atoms with Crippen LogP contribution in [0.2, 0.25) is 0 Å². The van der Waals surface area contributed by atoms with Crippen LogP contribution in [0.4, 0.5) is 11.5 Å². The van der Waals surface area contributed by atoms with Crippen molar-refractivity contribution in [2.75, 3.05) is 24.5 Å². The molecule has 5 rings (SSSR count). The normalized spacial score (nSPS) is 17.0. The van der Waals surface area contributed by atoms with Crippen molar-refractivity contribution in [3.63, 3.8) is 0 Å². The van der Waals surface area contributed by atoms with Crippen molar-refractivity contribution in [2.45, 2.75) is 20.8 Å². The molecule has 13 heteroatoms. The molecule has 166 valence electrons. The fourth-order valence-corrected chi connectivity index (χ4v) is 3.63. The molecule has 0 spiro atoms. The predicted molar refractivity (Wildman–Crippen MR) is 120 cm³/mol. The Balaban J connectivity index is 1.45. The number of aromatic nitrogens is 6. The van der Waals surface area contributed by atoms with Crippen LogP contribution in [-0.2, 0) is 8.57 Å². The van der Waals surface area contributed by atoms with Crippen molar-refractivity contribution < 1.29 is 8.57 Å². The van der Waals surface area contributed by atoms with Gasteiger partial charge in [0.2, 0.25) is 24.0 Å². The second-order valence-electron chi connectivity index (χ2n) is 7.61. The highest BCUT2D eigenvalue weighted by Crippen LogP contribution is 2.26. The van der Waals surface area contributed by atoms with E-state index in [1.165, 1.54) is 10.0 Å². The molecule has 0 amide bonds. The molecule has 0 bridgehead atoms. The Bertz CT molecular complexity index is 1140. The van der Waals surface area contributed by atoms with E-state index in [0.29, 0.717) is 40.6 Å². The number of aliphatic imine (C=N–C) groups is 1. The van der Waals surface area contributed by atoms with Gasteiger partial charge in [-0.3, -0.25) is 0 Å². The van der Waals surface area contributed by atoms with Crippen LogP contribution in [0.3, 0.4) is 0 Å². The van der Waals surface area contributed by atoms with E-state index in [9.17, 15) is 0 Å². The Kier molecular flexibility index (Phi) is 5.70. The fraction of sp³-hybridized carbons (Fsp3) is 0.368. The van der Waals surface area contributed by atoms with E-state index in [1.54, 1.807) is 12.4 Å². The predicted octanol–water partition coefficient (Wildman–Crippen LogP) is 2.63. The summed E-state index contributed by atoms with van der Waals surface area (Å²) >= 11 is 0.894.